The Hall–Kier alpha value is -0.510. The predicted molar refractivity (Wildman–Crippen MR) is 70.1 cm³/mol. The predicted octanol–water partition coefficient (Wildman–Crippen LogP) is 2.18. The van der Waals surface area contributed by atoms with Gasteiger partial charge in [-0.2, -0.15) is 0 Å². The minimum atomic E-state index is 0. The van der Waals surface area contributed by atoms with E-state index in [1.807, 2.05) is 6.20 Å². The molecule has 92 valence electrons. The van der Waals surface area contributed by atoms with Crippen LogP contribution in [0, 0.1) is 0 Å². The van der Waals surface area contributed by atoms with E-state index in [-0.39, 0.29) is 12.4 Å². The summed E-state index contributed by atoms with van der Waals surface area (Å²) < 4.78 is 0. The van der Waals surface area contributed by atoms with Crippen LogP contribution in [0.25, 0.3) is 0 Å². The number of hydrogen-bond donors (Lipinski definition) is 2. The van der Waals surface area contributed by atoms with Gasteiger partial charge in [-0.25, -0.2) is 0 Å². The zero-order chi connectivity index (χ0) is 10.7. The lowest BCUT2D eigenvalue weighted by Crippen LogP contribution is -2.36. The van der Waals surface area contributed by atoms with E-state index < -0.39 is 0 Å². The van der Waals surface area contributed by atoms with Gasteiger partial charge >= 0.3 is 0 Å². The van der Waals surface area contributed by atoms with Crippen molar-refractivity contribution in [1.82, 2.24) is 15.2 Å². The third-order valence-electron chi connectivity index (χ3n) is 3.40. The summed E-state index contributed by atoms with van der Waals surface area (Å²) in [5.41, 5.74) is 1.30. The van der Waals surface area contributed by atoms with Crippen molar-refractivity contribution in [2.24, 2.45) is 0 Å². The van der Waals surface area contributed by atoms with E-state index in [1.54, 1.807) is 0 Å². The van der Waals surface area contributed by atoms with Crippen molar-refractivity contribution in [3.8, 4) is 0 Å². The highest BCUT2D eigenvalue weighted by molar-refractivity contribution is 5.85. The van der Waals surface area contributed by atoms with Crippen LogP contribution in [0.3, 0.4) is 0 Å². The first kappa shape index (κ1) is 13.6. The van der Waals surface area contributed by atoms with Gasteiger partial charge in [-0.1, -0.05) is 0 Å². The Morgan fingerprint density at radius 1 is 1.56 bits per heavy atom. The first-order valence-corrected chi connectivity index (χ1v) is 5.84. The highest BCUT2D eigenvalue weighted by atomic mass is 35.5. The van der Waals surface area contributed by atoms with Gasteiger partial charge < -0.3 is 10.3 Å². The minimum absolute atomic E-state index is 0. The van der Waals surface area contributed by atoms with E-state index in [0.29, 0.717) is 12.1 Å². The lowest BCUT2D eigenvalue weighted by Gasteiger charge is -2.26. The number of likely N-dealkylation sites (N-methyl/N-ethyl adjacent to an activating group) is 1. The molecule has 2 unspecified atom stereocenters. The fourth-order valence-corrected chi connectivity index (χ4v) is 2.26. The molecule has 2 atom stereocenters. The number of nitrogens with zero attached hydrogens (tertiary/aromatic N) is 1. The number of aromatic nitrogens is 1. The van der Waals surface area contributed by atoms with E-state index in [1.165, 1.54) is 25.1 Å². The number of halogens is 1. The molecule has 0 bridgehead atoms. The van der Waals surface area contributed by atoms with Crippen molar-refractivity contribution in [1.29, 1.82) is 0 Å². The number of hydrogen-bond acceptors (Lipinski definition) is 2. The lowest BCUT2D eigenvalue weighted by molar-refractivity contribution is 0.235. The van der Waals surface area contributed by atoms with Crippen LogP contribution in [0.1, 0.15) is 31.5 Å². The molecular weight excluding hydrogens is 222 g/mol. The molecule has 16 heavy (non-hydrogen) atoms. The molecule has 2 rings (SSSR count). The third kappa shape index (κ3) is 3.24. The van der Waals surface area contributed by atoms with Crippen molar-refractivity contribution in [3.05, 3.63) is 24.0 Å². The Bertz CT molecular complexity index is 280. The average Bonchev–Trinajstić information content (AvgIpc) is 2.88. The smallest absolute Gasteiger partial charge is 0.0467 e. The van der Waals surface area contributed by atoms with E-state index in [0.717, 1.165) is 6.54 Å². The Kier molecular flexibility index (Phi) is 5.32. The van der Waals surface area contributed by atoms with Crippen LogP contribution in [-0.4, -0.2) is 36.1 Å². The Labute approximate surface area is 104 Å². The second-order valence-corrected chi connectivity index (χ2v) is 4.53. The normalized spacial score (nSPS) is 22.1. The van der Waals surface area contributed by atoms with Gasteiger partial charge in [0.1, 0.15) is 0 Å². The highest BCUT2D eigenvalue weighted by Crippen LogP contribution is 2.18. The Balaban J connectivity index is 0.00000128. The fourth-order valence-electron chi connectivity index (χ4n) is 2.26. The van der Waals surface area contributed by atoms with Crippen molar-refractivity contribution < 1.29 is 0 Å². The maximum atomic E-state index is 3.54. The second kappa shape index (κ2) is 6.28. The van der Waals surface area contributed by atoms with Crippen LogP contribution in [0.4, 0.5) is 0 Å². The van der Waals surface area contributed by atoms with E-state index in [2.05, 4.69) is 41.3 Å². The van der Waals surface area contributed by atoms with E-state index in [4.69, 9.17) is 0 Å². The molecular formula is C12H22ClN3. The van der Waals surface area contributed by atoms with Crippen LogP contribution in [0.2, 0.25) is 0 Å². The summed E-state index contributed by atoms with van der Waals surface area (Å²) in [5, 5.41) is 3.54. The summed E-state index contributed by atoms with van der Waals surface area (Å²) in [7, 11) is 2.20. The van der Waals surface area contributed by atoms with Gasteiger partial charge in [0, 0.05) is 30.5 Å². The van der Waals surface area contributed by atoms with Crippen LogP contribution in [0.15, 0.2) is 18.3 Å². The van der Waals surface area contributed by atoms with Crippen LogP contribution >= 0.6 is 12.4 Å². The first-order valence-electron chi connectivity index (χ1n) is 5.84. The molecule has 2 heterocycles. The standard InChI is InChI=1S/C12H21N3.ClH/c1-10(12-6-4-8-14-12)15(2)9-11-5-3-7-13-11;/h4,6,8,10-11,13-14H,3,5,7,9H2,1-2H3;1H. The summed E-state index contributed by atoms with van der Waals surface area (Å²) in [4.78, 5) is 5.69. The molecule has 1 fully saturated rings. The molecule has 0 aromatic carbocycles. The Morgan fingerprint density at radius 2 is 2.38 bits per heavy atom. The monoisotopic (exact) mass is 243 g/mol. The van der Waals surface area contributed by atoms with Crippen molar-refractivity contribution in [2.75, 3.05) is 20.1 Å². The molecule has 0 amide bonds. The van der Waals surface area contributed by atoms with E-state index >= 15 is 0 Å². The summed E-state index contributed by atoms with van der Waals surface area (Å²) in [6.45, 7) is 4.58. The molecule has 0 saturated carbocycles. The van der Waals surface area contributed by atoms with Gasteiger partial charge in [0.25, 0.3) is 0 Å². The van der Waals surface area contributed by atoms with Gasteiger partial charge in [-0.15, -0.1) is 12.4 Å². The first-order chi connectivity index (χ1) is 7.27. The quantitative estimate of drug-likeness (QED) is 0.850. The second-order valence-electron chi connectivity index (χ2n) is 4.53. The Morgan fingerprint density at radius 3 is 2.94 bits per heavy atom. The molecule has 0 radical (unpaired) electrons. The molecule has 3 nitrogen and oxygen atoms in total. The largest absolute Gasteiger partial charge is 0.364 e. The summed E-state index contributed by atoms with van der Waals surface area (Å²) in [6, 6.07) is 5.38. The van der Waals surface area contributed by atoms with Crippen molar-refractivity contribution >= 4 is 12.4 Å². The maximum absolute atomic E-state index is 3.54. The van der Waals surface area contributed by atoms with Crippen LogP contribution in [0.5, 0.6) is 0 Å². The molecule has 0 spiro atoms. The summed E-state index contributed by atoms with van der Waals surface area (Å²) in [6.07, 6.45) is 4.64. The van der Waals surface area contributed by atoms with Gasteiger partial charge in [-0.05, 0) is 45.5 Å². The third-order valence-corrected chi connectivity index (χ3v) is 3.40. The molecule has 1 aromatic heterocycles. The summed E-state index contributed by atoms with van der Waals surface area (Å²) in [5.74, 6) is 0. The molecule has 1 aliphatic heterocycles. The molecule has 1 aromatic rings. The number of aromatic amines is 1. The zero-order valence-electron chi connectivity index (χ0n) is 10.1. The topological polar surface area (TPSA) is 31.1 Å². The van der Waals surface area contributed by atoms with Gasteiger partial charge in [0.2, 0.25) is 0 Å². The van der Waals surface area contributed by atoms with Crippen LogP contribution in [-0.2, 0) is 0 Å². The molecule has 1 aliphatic rings. The maximum Gasteiger partial charge on any atom is 0.0467 e. The van der Waals surface area contributed by atoms with Gasteiger partial charge in [-0.3, -0.25) is 4.90 Å². The average molecular weight is 244 g/mol. The SMILES string of the molecule is CC(c1ccc[nH]1)N(C)CC1CCCN1.Cl. The molecule has 4 heteroatoms. The lowest BCUT2D eigenvalue weighted by atomic mass is 10.1. The number of rotatable bonds is 4. The van der Waals surface area contributed by atoms with Gasteiger partial charge in [0.05, 0.1) is 0 Å². The number of nitrogens with one attached hydrogen (secondary N) is 2. The van der Waals surface area contributed by atoms with Crippen molar-refractivity contribution in [3.63, 3.8) is 0 Å². The van der Waals surface area contributed by atoms with Crippen molar-refractivity contribution in [2.45, 2.75) is 31.8 Å². The minimum Gasteiger partial charge on any atom is -0.364 e. The highest BCUT2D eigenvalue weighted by Gasteiger charge is 2.19. The van der Waals surface area contributed by atoms with Gasteiger partial charge in [0.15, 0.2) is 0 Å². The zero-order valence-corrected chi connectivity index (χ0v) is 10.9. The van der Waals surface area contributed by atoms with Crippen LogP contribution < -0.4 is 5.32 Å². The molecule has 2 N–H and O–H groups in total. The fraction of sp³-hybridized carbons (Fsp3) is 0.667. The summed E-state index contributed by atoms with van der Waals surface area (Å²) >= 11 is 0. The molecule has 1 saturated heterocycles. The molecule has 0 aliphatic carbocycles. The number of H-pyrrole nitrogens is 1. The van der Waals surface area contributed by atoms with E-state index in [9.17, 15) is 0 Å².